The average Bonchev–Trinajstić information content (AvgIpc) is 3.21. The first kappa shape index (κ1) is 20.5. The van der Waals surface area contributed by atoms with Crippen molar-refractivity contribution in [2.45, 2.75) is 32.9 Å². The van der Waals surface area contributed by atoms with Crippen LogP contribution in [0.15, 0.2) is 54.6 Å². The van der Waals surface area contributed by atoms with Gasteiger partial charge in [0.15, 0.2) is 5.82 Å². The number of piperazine rings is 1. The van der Waals surface area contributed by atoms with E-state index in [2.05, 4.69) is 51.3 Å². The molecule has 0 radical (unpaired) electrons. The molecule has 0 saturated carbocycles. The van der Waals surface area contributed by atoms with Crippen LogP contribution in [0, 0.1) is 11.7 Å². The van der Waals surface area contributed by atoms with E-state index in [1.54, 1.807) is 6.07 Å². The minimum absolute atomic E-state index is 0.145. The van der Waals surface area contributed by atoms with Gasteiger partial charge in [-0.2, -0.15) is 0 Å². The fourth-order valence-corrected chi connectivity index (χ4v) is 4.17. The third kappa shape index (κ3) is 4.67. The summed E-state index contributed by atoms with van der Waals surface area (Å²) in [6, 6.07) is 17.4. The van der Waals surface area contributed by atoms with Crippen LogP contribution in [0.2, 0.25) is 0 Å². The summed E-state index contributed by atoms with van der Waals surface area (Å²) in [5.41, 5.74) is 1.87. The van der Waals surface area contributed by atoms with E-state index in [0.717, 1.165) is 38.4 Å². The summed E-state index contributed by atoms with van der Waals surface area (Å²) in [7, 11) is 0. The van der Waals surface area contributed by atoms with Crippen LogP contribution < -0.4 is 4.90 Å². The van der Waals surface area contributed by atoms with Crippen LogP contribution in [0.3, 0.4) is 0 Å². The van der Waals surface area contributed by atoms with E-state index in [-0.39, 0.29) is 11.9 Å². The molecule has 1 aliphatic heterocycles. The predicted octanol–water partition coefficient (Wildman–Crippen LogP) is 3.77. The number of aromatic nitrogens is 4. The molecule has 6 nitrogen and oxygen atoms in total. The van der Waals surface area contributed by atoms with E-state index in [1.165, 1.54) is 11.6 Å². The minimum atomic E-state index is -0.156. The SMILES string of the molecule is CC(C)C[C@@H](c1nnnn1Cc1ccccc1)N1CCN(c2ccccc2F)CC1. The number of hydrogen-bond donors (Lipinski definition) is 0. The summed E-state index contributed by atoms with van der Waals surface area (Å²) in [5, 5.41) is 12.7. The van der Waals surface area contributed by atoms with Gasteiger partial charge in [0, 0.05) is 26.2 Å². The van der Waals surface area contributed by atoms with E-state index in [0.29, 0.717) is 18.2 Å². The van der Waals surface area contributed by atoms with Gasteiger partial charge >= 0.3 is 0 Å². The van der Waals surface area contributed by atoms with E-state index < -0.39 is 0 Å². The number of tetrazole rings is 1. The maximum Gasteiger partial charge on any atom is 0.168 e. The number of rotatable bonds is 7. The molecule has 4 rings (SSSR count). The second kappa shape index (κ2) is 9.34. The molecular weight excluding hydrogens is 379 g/mol. The van der Waals surface area contributed by atoms with Crippen molar-refractivity contribution in [3.05, 3.63) is 71.8 Å². The van der Waals surface area contributed by atoms with Gasteiger partial charge < -0.3 is 4.90 Å². The number of hydrogen-bond acceptors (Lipinski definition) is 5. The molecule has 30 heavy (non-hydrogen) atoms. The monoisotopic (exact) mass is 408 g/mol. The van der Waals surface area contributed by atoms with Crippen molar-refractivity contribution >= 4 is 5.69 Å². The predicted molar refractivity (Wildman–Crippen MR) is 116 cm³/mol. The molecule has 1 fully saturated rings. The zero-order valence-electron chi connectivity index (χ0n) is 17.7. The maximum atomic E-state index is 14.2. The van der Waals surface area contributed by atoms with Gasteiger partial charge in [-0.25, -0.2) is 9.07 Å². The highest BCUT2D eigenvalue weighted by Gasteiger charge is 2.30. The molecule has 1 saturated heterocycles. The van der Waals surface area contributed by atoms with Crippen molar-refractivity contribution in [1.29, 1.82) is 0 Å². The standard InChI is InChI=1S/C23H29FN6/c1-18(2)16-22(23-25-26-27-30(23)17-19-8-4-3-5-9-19)29-14-12-28(13-15-29)21-11-7-6-10-20(21)24/h3-11,18,22H,12-17H2,1-2H3/t22-/m0/s1. The molecule has 7 heteroatoms. The van der Waals surface area contributed by atoms with Crippen molar-refractivity contribution < 1.29 is 4.39 Å². The highest BCUT2D eigenvalue weighted by molar-refractivity contribution is 5.48. The molecular formula is C23H29FN6. The van der Waals surface area contributed by atoms with E-state index in [4.69, 9.17) is 0 Å². The highest BCUT2D eigenvalue weighted by atomic mass is 19.1. The zero-order valence-corrected chi connectivity index (χ0v) is 17.7. The summed E-state index contributed by atoms with van der Waals surface area (Å²) in [6.45, 7) is 8.40. The lowest BCUT2D eigenvalue weighted by atomic mass is 10.0. The minimum Gasteiger partial charge on any atom is -0.367 e. The fraction of sp³-hybridized carbons (Fsp3) is 0.435. The molecule has 0 N–H and O–H groups in total. The lowest BCUT2D eigenvalue weighted by Crippen LogP contribution is -2.48. The Balaban J connectivity index is 1.51. The summed E-state index contributed by atoms with van der Waals surface area (Å²) in [5.74, 6) is 1.27. The van der Waals surface area contributed by atoms with Gasteiger partial charge in [-0.15, -0.1) is 5.10 Å². The van der Waals surface area contributed by atoms with E-state index in [1.807, 2.05) is 35.0 Å². The van der Waals surface area contributed by atoms with Crippen LogP contribution in [-0.4, -0.2) is 51.3 Å². The van der Waals surface area contributed by atoms with Crippen LogP contribution >= 0.6 is 0 Å². The van der Waals surface area contributed by atoms with Crippen molar-refractivity contribution in [2.24, 2.45) is 5.92 Å². The lowest BCUT2D eigenvalue weighted by molar-refractivity contribution is 0.153. The molecule has 0 aliphatic carbocycles. The van der Waals surface area contributed by atoms with Gasteiger partial charge in [-0.1, -0.05) is 56.3 Å². The van der Waals surface area contributed by atoms with Crippen LogP contribution in [0.1, 0.15) is 37.7 Å². The molecule has 0 amide bonds. The Hall–Kier alpha value is -2.80. The Kier molecular flexibility index (Phi) is 6.38. The molecule has 0 unspecified atom stereocenters. The van der Waals surface area contributed by atoms with Gasteiger partial charge in [-0.3, -0.25) is 4.90 Å². The summed E-state index contributed by atoms with van der Waals surface area (Å²) < 4.78 is 16.1. The molecule has 1 aromatic heterocycles. The van der Waals surface area contributed by atoms with E-state index in [9.17, 15) is 4.39 Å². The summed E-state index contributed by atoms with van der Waals surface area (Å²) in [6.07, 6.45) is 0.981. The fourth-order valence-electron chi connectivity index (χ4n) is 4.17. The smallest absolute Gasteiger partial charge is 0.168 e. The summed E-state index contributed by atoms with van der Waals surface area (Å²) >= 11 is 0. The first-order valence-electron chi connectivity index (χ1n) is 10.7. The normalized spacial score (nSPS) is 16.2. The van der Waals surface area contributed by atoms with Gasteiger partial charge in [-0.05, 0) is 40.5 Å². The Morgan fingerprint density at radius 1 is 0.933 bits per heavy atom. The molecule has 0 spiro atoms. The molecule has 0 bridgehead atoms. The lowest BCUT2D eigenvalue weighted by Gasteiger charge is -2.40. The molecule has 1 aliphatic rings. The Morgan fingerprint density at radius 2 is 1.63 bits per heavy atom. The Bertz CT molecular complexity index is 934. The number of nitrogens with zero attached hydrogens (tertiary/aromatic N) is 6. The number of benzene rings is 2. The third-order valence-electron chi connectivity index (χ3n) is 5.68. The third-order valence-corrected chi connectivity index (χ3v) is 5.68. The first-order valence-corrected chi connectivity index (χ1v) is 10.7. The Morgan fingerprint density at radius 3 is 2.33 bits per heavy atom. The van der Waals surface area contributed by atoms with Crippen molar-refractivity contribution in [3.8, 4) is 0 Å². The highest BCUT2D eigenvalue weighted by Crippen LogP contribution is 2.29. The maximum absolute atomic E-state index is 14.2. The largest absolute Gasteiger partial charge is 0.367 e. The number of anilines is 1. The molecule has 158 valence electrons. The summed E-state index contributed by atoms with van der Waals surface area (Å²) in [4.78, 5) is 4.58. The van der Waals surface area contributed by atoms with Crippen molar-refractivity contribution in [1.82, 2.24) is 25.1 Å². The average molecular weight is 409 g/mol. The number of halogens is 1. The molecule has 1 atom stereocenters. The van der Waals surface area contributed by atoms with E-state index >= 15 is 0 Å². The molecule has 2 aromatic carbocycles. The second-order valence-electron chi connectivity index (χ2n) is 8.30. The van der Waals surface area contributed by atoms with Crippen LogP contribution in [-0.2, 0) is 6.54 Å². The zero-order chi connectivity index (χ0) is 20.9. The van der Waals surface area contributed by atoms with Gasteiger partial charge in [0.05, 0.1) is 18.3 Å². The molecule has 2 heterocycles. The van der Waals surface area contributed by atoms with Gasteiger partial charge in [0.25, 0.3) is 0 Å². The van der Waals surface area contributed by atoms with Crippen molar-refractivity contribution in [3.63, 3.8) is 0 Å². The quantitative estimate of drug-likeness (QED) is 0.596. The topological polar surface area (TPSA) is 50.1 Å². The number of para-hydroxylation sites is 1. The first-order chi connectivity index (χ1) is 14.6. The van der Waals surface area contributed by atoms with Crippen LogP contribution in [0.25, 0.3) is 0 Å². The van der Waals surface area contributed by atoms with Crippen LogP contribution in [0.4, 0.5) is 10.1 Å². The van der Waals surface area contributed by atoms with Crippen LogP contribution in [0.5, 0.6) is 0 Å². The second-order valence-corrected chi connectivity index (χ2v) is 8.30. The van der Waals surface area contributed by atoms with Crippen molar-refractivity contribution in [2.75, 3.05) is 31.1 Å². The molecule has 3 aromatic rings. The van der Waals surface area contributed by atoms with Gasteiger partial charge in [0.1, 0.15) is 5.82 Å². The Labute approximate surface area is 177 Å². The van der Waals surface area contributed by atoms with Gasteiger partial charge in [0.2, 0.25) is 0 Å².